The van der Waals surface area contributed by atoms with Crippen LogP contribution in [0.15, 0.2) is 41.6 Å². The molecule has 2 amide bonds. The number of rotatable bonds is 7. The fourth-order valence-corrected chi connectivity index (χ4v) is 5.48. The van der Waals surface area contributed by atoms with Gasteiger partial charge in [0.1, 0.15) is 5.82 Å². The van der Waals surface area contributed by atoms with Gasteiger partial charge >= 0.3 is 6.03 Å². The zero-order chi connectivity index (χ0) is 24.9. The molecule has 0 spiro atoms. The minimum atomic E-state index is -0.136. The summed E-state index contributed by atoms with van der Waals surface area (Å²) in [5.74, 6) is 0.977. The summed E-state index contributed by atoms with van der Waals surface area (Å²) in [6.07, 6.45) is 9.32. The average molecular weight is 491 g/mol. The molecular formula is C28H38N6O2. The van der Waals surface area contributed by atoms with Crippen LogP contribution in [0.2, 0.25) is 0 Å². The first-order chi connectivity index (χ1) is 17.7. The van der Waals surface area contributed by atoms with Gasteiger partial charge in [0.15, 0.2) is 0 Å². The van der Waals surface area contributed by atoms with Crippen LogP contribution in [-0.2, 0) is 4.74 Å². The lowest BCUT2D eigenvalue weighted by molar-refractivity contribution is 0.0480. The van der Waals surface area contributed by atoms with Crippen molar-refractivity contribution in [2.45, 2.75) is 57.9 Å². The molecule has 1 saturated carbocycles. The van der Waals surface area contributed by atoms with E-state index in [1.807, 2.05) is 19.2 Å². The summed E-state index contributed by atoms with van der Waals surface area (Å²) in [5.41, 5.74) is 5.02. The number of aromatic nitrogens is 1. The van der Waals surface area contributed by atoms with E-state index < -0.39 is 0 Å². The number of pyridine rings is 1. The second-order valence-corrected chi connectivity index (χ2v) is 10.1. The van der Waals surface area contributed by atoms with Crippen molar-refractivity contribution in [1.82, 2.24) is 15.3 Å². The fourth-order valence-electron chi connectivity index (χ4n) is 5.48. The summed E-state index contributed by atoms with van der Waals surface area (Å²) in [5, 5.41) is 13.4. The lowest BCUT2D eigenvalue weighted by atomic mass is 9.82. The Labute approximate surface area is 214 Å². The van der Waals surface area contributed by atoms with Crippen molar-refractivity contribution >= 4 is 28.9 Å². The largest absolute Gasteiger partial charge is 0.383 e. The Morgan fingerprint density at radius 3 is 2.56 bits per heavy atom. The number of anilines is 3. The van der Waals surface area contributed by atoms with Crippen LogP contribution < -0.4 is 15.5 Å². The number of nitrogens with one attached hydrogen (secondary N) is 2. The summed E-state index contributed by atoms with van der Waals surface area (Å²) >= 11 is 0. The van der Waals surface area contributed by atoms with Crippen molar-refractivity contribution in [1.29, 1.82) is 0 Å². The molecule has 0 atom stereocenters. The molecule has 3 aliphatic rings. The highest BCUT2D eigenvalue weighted by molar-refractivity contribution is 6.13. The third kappa shape index (κ3) is 5.25. The van der Waals surface area contributed by atoms with Gasteiger partial charge in [-0.1, -0.05) is 31.4 Å². The minimum Gasteiger partial charge on any atom is -0.383 e. The third-order valence-corrected chi connectivity index (χ3v) is 7.48. The molecule has 1 aliphatic carbocycles. The second kappa shape index (κ2) is 11.4. The molecular weight excluding hydrogens is 452 g/mol. The van der Waals surface area contributed by atoms with Crippen molar-refractivity contribution in [2.24, 2.45) is 11.0 Å². The number of carbonyl (C=O) groups excluding carboxylic acids is 1. The Morgan fingerprint density at radius 1 is 1.03 bits per heavy atom. The van der Waals surface area contributed by atoms with E-state index >= 15 is 0 Å². The molecule has 1 saturated heterocycles. The summed E-state index contributed by atoms with van der Waals surface area (Å²) in [4.78, 5) is 20.8. The molecule has 0 unspecified atom stereocenters. The summed E-state index contributed by atoms with van der Waals surface area (Å²) in [6.45, 7) is 5.04. The molecule has 3 heterocycles. The predicted octanol–water partition coefficient (Wildman–Crippen LogP) is 5.06. The quantitative estimate of drug-likeness (QED) is 0.530. The highest BCUT2D eigenvalue weighted by atomic mass is 16.5. The van der Waals surface area contributed by atoms with E-state index in [1.165, 1.54) is 19.3 Å². The maximum atomic E-state index is 14.3. The van der Waals surface area contributed by atoms with E-state index in [0.29, 0.717) is 24.9 Å². The maximum absolute atomic E-state index is 14.3. The van der Waals surface area contributed by atoms with Crippen LogP contribution in [0, 0.1) is 12.8 Å². The lowest BCUT2D eigenvalue weighted by Crippen LogP contribution is -2.45. The van der Waals surface area contributed by atoms with Crippen molar-refractivity contribution in [3.05, 3.63) is 47.7 Å². The number of hydrogen-bond acceptors (Lipinski definition) is 6. The molecule has 2 aliphatic heterocycles. The van der Waals surface area contributed by atoms with Gasteiger partial charge in [-0.3, -0.25) is 0 Å². The first-order valence-electron chi connectivity index (χ1n) is 13.4. The summed E-state index contributed by atoms with van der Waals surface area (Å²) < 4.78 is 5.62. The molecule has 192 valence electrons. The Kier molecular flexibility index (Phi) is 7.82. The van der Waals surface area contributed by atoms with Gasteiger partial charge in [-0.15, -0.1) is 0 Å². The van der Waals surface area contributed by atoms with Crippen molar-refractivity contribution in [3.8, 4) is 0 Å². The number of amides is 2. The molecule has 8 heteroatoms. The predicted molar refractivity (Wildman–Crippen MR) is 144 cm³/mol. The molecule has 0 radical (unpaired) electrons. The van der Waals surface area contributed by atoms with Gasteiger partial charge in [-0.25, -0.2) is 19.7 Å². The fraction of sp³-hybridized carbons (Fsp3) is 0.536. The van der Waals surface area contributed by atoms with Gasteiger partial charge in [0, 0.05) is 37.8 Å². The minimum absolute atomic E-state index is 0.0187. The van der Waals surface area contributed by atoms with E-state index in [-0.39, 0.29) is 12.1 Å². The van der Waals surface area contributed by atoms with E-state index in [1.54, 1.807) is 16.1 Å². The van der Waals surface area contributed by atoms with Gasteiger partial charge in [0.2, 0.25) is 0 Å². The number of hydrogen-bond donors (Lipinski definition) is 2. The molecule has 1 aromatic carbocycles. The smallest absolute Gasteiger partial charge is 0.351 e. The zero-order valence-electron chi connectivity index (χ0n) is 21.5. The molecule has 2 N–H and O–H groups in total. The number of aryl methyl sites for hydroxylation is 1. The zero-order valence-corrected chi connectivity index (χ0v) is 21.5. The van der Waals surface area contributed by atoms with Crippen LogP contribution in [0.1, 0.15) is 56.1 Å². The maximum Gasteiger partial charge on any atom is 0.351 e. The first kappa shape index (κ1) is 24.7. The number of ether oxygens (including phenoxy) is 1. The molecule has 8 nitrogen and oxygen atoms in total. The number of nitrogens with zero attached hydrogens (tertiary/aromatic N) is 4. The van der Waals surface area contributed by atoms with Crippen molar-refractivity contribution < 1.29 is 9.53 Å². The van der Waals surface area contributed by atoms with Crippen LogP contribution >= 0.6 is 0 Å². The van der Waals surface area contributed by atoms with Gasteiger partial charge < -0.3 is 15.4 Å². The molecule has 0 bridgehead atoms. The van der Waals surface area contributed by atoms with E-state index in [9.17, 15) is 4.79 Å². The summed E-state index contributed by atoms with van der Waals surface area (Å²) in [6, 6.07) is 10.2. The Morgan fingerprint density at radius 2 is 1.83 bits per heavy atom. The van der Waals surface area contributed by atoms with Crippen molar-refractivity contribution in [3.63, 3.8) is 0 Å². The monoisotopic (exact) mass is 490 g/mol. The van der Waals surface area contributed by atoms with Gasteiger partial charge in [0.25, 0.3) is 0 Å². The number of fused-ring (bicyclic) bond motifs is 1. The molecule has 5 rings (SSSR count). The van der Waals surface area contributed by atoms with Crippen LogP contribution in [0.25, 0.3) is 0 Å². The highest BCUT2D eigenvalue weighted by Gasteiger charge is 2.38. The van der Waals surface area contributed by atoms with Gasteiger partial charge in [-0.05, 0) is 63.4 Å². The lowest BCUT2D eigenvalue weighted by Gasteiger charge is -2.33. The second-order valence-electron chi connectivity index (χ2n) is 10.1. The number of urea groups is 1. The SMILES string of the molecule is CNCCNc1ccc(N2C(=O)N(C3CCOCC3)N=C(C3CCCCC3)c3ccc(C)cc32)nc1. The van der Waals surface area contributed by atoms with Crippen LogP contribution in [0.5, 0.6) is 0 Å². The van der Waals surface area contributed by atoms with Crippen LogP contribution in [0.4, 0.5) is 22.0 Å². The Bertz CT molecular complexity index is 1070. The average Bonchev–Trinajstić information content (AvgIpc) is 3.04. The standard InChI is InChI=1S/C28H38N6O2/c1-20-8-10-24-25(18-20)33(26-11-9-22(19-31-26)30-15-14-29-2)28(35)34(23-12-16-36-17-13-23)32-27(24)21-6-4-3-5-7-21/h8-11,18-19,21,23,29-30H,3-7,12-17H2,1-2H3. The van der Waals surface area contributed by atoms with Gasteiger partial charge in [-0.2, -0.15) is 5.10 Å². The number of likely N-dealkylation sites (N-methyl/N-ethyl adjacent to an activating group) is 1. The number of benzene rings is 1. The highest BCUT2D eigenvalue weighted by Crippen LogP contribution is 2.38. The van der Waals surface area contributed by atoms with Gasteiger partial charge in [0.05, 0.1) is 29.3 Å². The molecule has 2 fully saturated rings. The number of carbonyl (C=O) groups is 1. The van der Waals surface area contributed by atoms with E-state index in [0.717, 1.165) is 67.0 Å². The molecule has 2 aromatic rings. The summed E-state index contributed by atoms with van der Waals surface area (Å²) in [7, 11) is 1.93. The molecule has 36 heavy (non-hydrogen) atoms. The van der Waals surface area contributed by atoms with E-state index in [4.69, 9.17) is 14.8 Å². The van der Waals surface area contributed by atoms with Crippen LogP contribution in [0.3, 0.4) is 0 Å². The van der Waals surface area contributed by atoms with E-state index in [2.05, 4.69) is 35.8 Å². The first-order valence-corrected chi connectivity index (χ1v) is 13.4. The van der Waals surface area contributed by atoms with Crippen molar-refractivity contribution in [2.75, 3.05) is 43.6 Å². The third-order valence-electron chi connectivity index (χ3n) is 7.48. The molecule has 1 aromatic heterocycles. The Balaban J connectivity index is 1.58. The topological polar surface area (TPSA) is 82.1 Å². The number of hydrazone groups is 1. The normalized spacial score (nSPS) is 19.6. The Hall–Kier alpha value is -2.97. The van der Waals surface area contributed by atoms with Crippen LogP contribution in [-0.4, -0.2) is 61.1 Å².